The van der Waals surface area contributed by atoms with Gasteiger partial charge in [-0.1, -0.05) is 6.07 Å². The van der Waals surface area contributed by atoms with E-state index in [4.69, 9.17) is 10.5 Å². The highest BCUT2D eigenvalue weighted by Gasteiger charge is 2.17. The minimum absolute atomic E-state index is 0.0199. The monoisotopic (exact) mass is 268 g/mol. The van der Waals surface area contributed by atoms with Gasteiger partial charge < -0.3 is 10.5 Å². The topological polar surface area (TPSA) is 38.5 Å². The molecule has 0 fully saturated rings. The number of aryl methyl sites for hydroxylation is 1. The molecule has 0 saturated carbocycles. The van der Waals surface area contributed by atoms with E-state index in [2.05, 4.69) is 4.90 Å². The van der Waals surface area contributed by atoms with Crippen LogP contribution >= 0.6 is 0 Å². The van der Waals surface area contributed by atoms with E-state index in [0.29, 0.717) is 13.2 Å². The minimum atomic E-state index is -0.217. The SMILES string of the molecule is Cc1ccc(F)cc1C(CN)N(C)CCOC(C)C. The molecule has 0 spiro atoms. The molecule has 108 valence electrons. The number of halogens is 1. The fourth-order valence-corrected chi connectivity index (χ4v) is 2.10. The lowest BCUT2D eigenvalue weighted by atomic mass is 10.00. The number of nitrogens with two attached hydrogens (primary N) is 1. The molecule has 1 aromatic carbocycles. The van der Waals surface area contributed by atoms with Crippen LogP contribution in [0.5, 0.6) is 0 Å². The van der Waals surface area contributed by atoms with Gasteiger partial charge in [-0.15, -0.1) is 0 Å². The molecule has 1 unspecified atom stereocenters. The van der Waals surface area contributed by atoms with Gasteiger partial charge in [0, 0.05) is 19.1 Å². The molecule has 0 aliphatic carbocycles. The van der Waals surface area contributed by atoms with Gasteiger partial charge in [-0.3, -0.25) is 4.90 Å². The van der Waals surface area contributed by atoms with Crippen molar-refractivity contribution in [2.45, 2.75) is 32.9 Å². The number of likely N-dealkylation sites (N-methyl/N-ethyl adjacent to an activating group) is 1. The van der Waals surface area contributed by atoms with Crippen LogP contribution in [0.1, 0.15) is 31.0 Å². The van der Waals surface area contributed by atoms with Crippen molar-refractivity contribution in [3.05, 3.63) is 35.1 Å². The second kappa shape index (κ2) is 7.58. The summed E-state index contributed by atoms with van der Waals surface area (Å²) in [6.45, 7) is 7.89. The van der Waals surface area contributed by atoms with Crippen LogP contribution in [0.15, 0.2) is 18.2 Å². The summed E-state index contributed by atoms with van der Waals surface area (Å²) in [5.74, 6) is -0.217. The molecule has 0 heterocycles. The molecule has 0 bridgehead atoms. The summed E-state index contributed by atoms with van der Waals surface area (Å²) in [5, 5.41) is 0. The van der Waals surface area contributed by atoms with Crippen LogP contribution in [0.2, 0.25) is 0 Å². The Bertz CT molecular complexity index is 396. The molecule has 1 atom stereocenters. The molecular formula is C15H25FN2O. The Labute approximate surface area is 115 Å². The predicted octanol–water partition coefficient (Wildman–Crippen LogP) is 2.49. The number of rotatable bonds is 7. The van der Waals surface area contributed by atoms with E-state index in [1.54, 1.807) is 12.1 Å². The van der Waals surface area contributed by atoms with Gasteiger partial charge in [-0.25, -0.2) is 4.39 Å². The van der Waals surface area contributed by atoms with Crippen molar-refractivity contribution in [1.29, 1.82) is 0 Å². The maximum absolute atomic E-state index is 13.4. The van der Waals surface area contributed by atoms with Crippen molar-refractivity contribution in [2.24, 2.45) is 5.73 Å². The highest BCUT2D eigenvalue weighted by Crippen LogP contribution is 2.22. The number of ether oxygens (including phenoxy) is 1. The normalized spacial score (nSPS) is 13.3. The highest BCUT2D eigenvalue weighted by molar-refractivity contribution is 5.29. The van der Waals surface area contributed by atoms with E-state index in [1.165, 1.54) is 6.07 Å². The summed E-state index contributed by atoms with van der Waals surface area (Å²) in [4.78, 5) is 2.12. The summed E-state index contributed by atoms with van der Waals surface area (Å²) < 4.78 is 18.9. The number of hydrogen-bond donors (Lipinski definition) is 1. The third kappa shape index (κ3) is 4.90. The van der Waals surface area contributed by atoms with Crippen LogP contribution < -0.4 is 5.73 Å². The maximum atomic E-state index is 13.4. The quantitative estimate of drug-likeness (QED) is 0.825. The van der Waals surface area contributed by atoms with Crippen LogP contribution in [0, 0.1) is 12.7 Å². The Morgan fingerprint density at radius 3 is 2.63 bits per heavy atom. The Balaban J connectivity index is 2.73. The molecule has 0 aliphatic heterocycles. The lowest BCUT2D eigenvalue weighted by molar-refractivity contribution is 0.0563. The summed E-state index contributed by atoms with van der Waals surface area (Å²) >= 11 is 0. The average Bonchev–Trinajstić information content (AvgIpc) is 2.34. The maximum Gasteiger partial charge on any atom is 0.123 e. The largest absolute Gasteiger partial charge is 0.377 e. The zero-order chi connectivity index (χ0) is 14.4. The second-order valence-electron chi connectivity index (χ2n) is 5.15. The number of benzene rings is 1. The van der Waals surface area contributed by atoms with Crippen molar-refractivity contribution < 1.29 is 9.13 Å². The molecule has 2 N–H and O–H groups in total. The van der Waals surface area contributed by atoms with Crippen molar-refractivity contribution in [3.63, 3.8) is 0 Å². The molecular weight excluding hydrogens is 243 g/mol. The van der Waals surface area contributed by atoms with E-state index in [0.717, 1.165) is 17.7 Å². The molecule has 0 aromatic heterocycles. The molecule has 1 rings (SSSR count). The first kappa shape index (κ1) is 16.1. The fourth-order valence-electron chi connectivity index (χ4n) is 2.10. The van der Waals surface area contributed by atoms with Gasteiger partial charge in [0.2, 0.25) is 0 Å². The van der Waals surface area contributed by atoms with Gasteiger partial charge in [-0.2, -0.15) is 0 Å². The molecule has 1 aromatic rings. The van der Waals surface area contributed by atoms with E-state index < -0.39 is 0 Å². The van der Waals surface area contributed by atoms with Crippen molar-refractivity contribution in [1.82, 2.24) is 4.90 Å². The third-order valence-corrected chi connectivity index (χ3v) is 3.25. The summed E-state index contributed by atoms with van der Waals surface area (Å²) in [6.07, 6.45) is 0.223. The summed E-state index contributed by atoms with van der Waals surface area (Å²) in [6, 6.07) is 4.87. The van der Waals surface area contributed by atoms with E-state index >= 15 is 0 Å². The van der Waals surface area contributed by atoms with Crippen LogP contribution in [-0.4, -0.2) is 37.7 Å². The van der Waals surface area contributed by atoms with Crippen LogP contribution in [0.3, 0.4) is 0 Å². The van der Waals surface area contributed by atoms with E-state index in [1.807, 2.05) is 27.8 Å². The van der Waals surface area contributed by atoms with E-state index in [-0.39, 0.29) is 18.0 Å². The van der Waals surface area contributed by atoms with Gasteiger partial charge in [0.25, 0.3) is 0 Å². The first-order valence-electron chi connectivity index (χ1n) is 6.73. The van der Waals surface area contributed by atoms with E-state index in [9.17, 15) is 4.39 Å². The first-order valence-corrected chi connectivity index (χ1v) is 6.73. The van der Waals surface area contributed by atoms with Crippen LogP contribution in [-0.2, 0) is 4.74 Å². The standard InChI is InChI=1S/C15H25FN2O/c1-11(2)19-8-7-18(4)15(10-17)14-9-13(16)6-5-12(14)3/h5-6,9,11,15H,7-8,10,17H2,1-4H3. The molecule has 0 saturated heterocycles. The molecule has 0 amide bonds. The third-order valence-electron chi connectivity index (χ3n) is 3.25. The van der Waals surface area contributed by atoms with Crippen molar-refractivity contribution in [2.75, 3.05) is 26.7 Å². The smallest absolute Gasteiger partial charge is 0.123 e. The lowest BCUT2D eigenvalue weighted by Gasteiger charge is -2.28. The summed E-state index contributed by atoms with van der Waals surface area (Å²) in [7, 11) is 1.99. The van der Waals surface area contributed by atoms with Crippen molar-refractivity contribution in [3.8, 4) is 0 Å². The van der Waals surface area contributed by atoms with Gasteiger partial charge in [0.1, 0.15) is 5.82 Å². The predicted molar refractivity (Wildman–Crippen MR) is 76.7 cm³/mol. The number of nitrogens with zero attached hydrogens (tertiary/aromatic N) is 1. The number of hydrogen-bond acceptors (Lipinski definition) is 3. The molecule has 3 nitrogen and oxygen atoms in total. The Morgan fingerprint density at radius 1 is 1.37 bits per heavy atom. The molecule has 4 heteroatoms. The second-order valence-corrected chi connectivity index (χ2v) is 5.15. The highest BCUT2D eigenvalue weighted by atomic mass is 19.1. The molecule has 0 aliphatic rings. The van der Waals surface area contributed by atoms with Crippen LogP contribution in [0.25, 0.3) is 0 Å². The van der Waals surface area contributed by atoms with Gasteiger partial charge in [-0.05, 0) is 51.1 Å². The Kier molecular flexibility index (Phi) is 6.42. The fraction of sp³-hybridized carbons (Fsp3) is 0.600. The first-order chi connectivity index (χ1) is 8.95. The average molecular weight is 268 g/mol. The van der Waals surface area contributed by atoms with Gasteiger partial charge in [0.15, 0.2) is 0 Å². The van der Waals surface area contributed by atoms with Gasteiger partial charge >= 0.3 is 0 Å². The Morgan fingerprint density at radius 2 is 2.05 bits per heavy atom. The van der Waals surface area contributed by atoms with Crippen LogP contribution in [0.4, 0.5) is 4.39 Å². The van der Waals surface area contributed by atoms with Crippen molar-refractivity contribution >= 4 is 0 Å². The lowest BCUT2D eigenvalue weighted by Crippen LogP contribution is -2.34. The molecule has 19 heavy (non-hydrogen) atoms. The Hall–Kier alpha value is -0.970. The summed E-state index contributed by atoms with van der Waals surface area (Å²) in [5.41, 5.74) is 7.87. The zero-order valence-corrected chi connectivity index (χ0v) is 12.3. The zero-order valence-electron chi connectivity index (χ0n) is 12.3. The van der Waals surface area contributed by atoms with Gasteiger partial charge in [0.05, 0.1) is 12.7 Å². The molecule has 0 radical (unpaired) electrons. The minimum Gasteiger partial charge on any atom is -0.377 e.